The van der Waals surface area contributed by atoms with E-state index in [2.05, 4.69) is 16.0 Å². The van der Waals surface area contributed by atoms with Gasteiger partial charge in [-0.1, -0.05) is 47.5 Å². The largest absolute Gasteiger partial charge is 0.346 e. The van der Waals surface area contributed by atoms with Gasteiger partial charge >= 0.3 is 0 Å². The molecule has 0 fully saturated rings. The Balaban J connectivity index is 1.79. The summed E-state index contributed by atoms with van der Waals surface area (Å²) in [5.41, 5.74) is 3.58. The first-order chi connectivity index (χ1) is 12.8. The van der Waals surface area contributed by atoms with E-state index >= 15 is 0 Å². The van der Waals surface area contributed by atoms with Gasteiger partial charge in [0.1, 0.15) is 0 Å². The maximum absolute atomic E-state index is 12.1. The Hall–Kier alpha value is -2.08. The van der Waals surface area contributed by atoms with E-state index < -0.39 is 0 Å². The third kappa shape index (κ3) is 6.24. The second-order valence-corrected chi connectivity index (χ2v) is 7.20. The molecule has 0 saturated carbocycles. The molecule has 144 valence electrons. The molecule has 7 heteroatoms. The molecule has 0 spiro atoms. The maximum Gasteiger partial charge on any atom is 0.243 e. The summed E-state index contributed by atoms with van der Waals surface area (Å²) in [6.45, 7) is 5.72. The highest BCUT2D eigenvalue weighted by Gasteiger charge is 2.13. The molecule has 2 rings (SSSR count). The molecule has 0 heterocycles. The van der Waals surface area contributed by atoms with Crippen molar-refractivity contribution in [3.8, 4) is 0 Å². The molecule has 27 heavy (non-hydrogen) atoms. The topological polar surface area (TPSA) is 70.2 Å². The van der Waals surface area contributed by atoms with Gasteiger partial charge in [0.25, 0.3) is 0 Å². The molecule has 0 aromatic heterocycles. The SMILES string of the molecule is Cc1cccc(C)c1NC(=O)CNC(=O)CN[C@H](C)c1ccc(Cl)cc1Cl. The van der Waals surface area contributed by atoms with Gasteiger partial charge in [-0.25, -0.2) is 0 Å². The number of para-hydroxylation sites is 1. The van der Waals surface area contributed by atoms with Crippen molar-refractivity contribution >= 4 is 40.7 Å². The minimum atomic E-state index is -0.274. The Kier molecular flexibility index (Phi) is 7.66. The summed E-state index contributed by atoms with van der Waals surface area (Å²) in [6, 6.07) is 10.9. The molecule has 5 nitrogen and oxygen atoms in total. The predicted octanol–water partition coefficient (Wildman–Crippen LogP) is 4.02. The van der Waals surface area contributed by atoms with Crippen molar-refractivity contribution in [1.82, 2.24) is 10.6 Å². The molecular weight excluding hydrogens is 385 g/mol. The van der Waals surface area contributed by atoms with Crippen LogP contribution in [0.4, 0.5) is 5.69 Å². The fourth-order valence-electron chi connectivity index (χ4n) is 2.65. The minimum Gasteiger partial charge on any atom is -0.346 e. The van der Waals surface area contributed by atoms with Crippen LogP contribution < -0.4 is 16.0 Å². The Morgan fingerprint density at radius 2 is 1.67 bits per heavy atom. The van der Waals surface area contributed by atoms with E-state index in [0.717, 1.165) is 22.4 Å². The number of carbonyl (C=O) groups is 2. The normalized spacial score (nSPS) is 11.7. The van der Waals surface area contributed by atoms with Crippen molar-refractivity contribution in [2.75, 3.05) is 18.4 Å². The Morgan fingerprint density at radius 1 is 1.00 bits per heavy atom. The van der Waals surface area contributed by atoms with E-state index in [1.165, 1.54) is 0 Å². The average Bonchev–Trinajstić information content (AvgIpc) is 2.61. The van der Waals surface area contributed by atoms with Gasteiger partial charge in [0, 0.05) is 21.8 Å². The van der Waals surface area contributed by atoms with E-state index in [1.807, 2.05) is 45.0 Å². The van der Waals surface area contributed by atoms with Gasteiger partial charge in [-0.15, -0.1) is 0 Å². The Bertz CT molecular complexity index is 820. The maximum atomic E-state index is 12.1. The van der Waals surface area contributed by atoms with Gasteiger partial charge in [-0.2, -0.15) is 0 Å². The highest BCUT2D eigenvalue weighted by atomic mass is 35.5. The molecule has 0 bridgehead atoms. The van der Waals surface area contributed by atoms with E-state index in [1.54, 1.807) is 12.1 Å². The van der Waals surface area contributed by atoms with Crippen LogP contribution in [0.3, 0.4) is 0 Å². The second kappa shape index (κ2) is 9.74. The average molecular weight is 408 g/mol. The lowest BCUT2D eigenvalue weighted by molar-refractivity contribution is -0.123. The molecule has 0 saturated heterocycles. The third-order valence-electron chi connectivity index (χ3n) is 4.19. The van der Waals surface area contributed by atoms with Crippen LogP contribution in [-0.4, -0.2) is 24.9 Å². The number of anilines is 1. The Morgan fingerprint density at radius 3 is 2.30 bits per heavy atom. The summed E-state index contributed by atoms with van der Waals surface area (Å²) in [5.74, 6) is -0.543. The quantitative estimate of drug-likeness (QED) is 0.648. The number of benzene rings is 2. The lowest BCUT2D eigenvalue weighted by Crippen LogP contribution is -2.39. The van der Waals surface area contributed by atoms with Crippen molar-refractivity contribution < 1.29 is 9.59 Å². The van der Waals surface area contributed by atoms with E-state index in [4.69, 9.17) is 23.2 Å². The highest BCUT2D eigenvalue weighted by Crippen LogP contribution is 2.25. The van der Waals surface area contributed by atoms with E-state index in [9.17, 15) is 9.59 Å². The van der Waals surface area contributed by atoms with E-state index in [-0.39, 0.29) is 30.9 Å². The molecule has 0 aliphatic heterocycles. The van der Waals surface area contributed by atoms with Crippen LogP contribution in [0.25, 0.3) is 0 Å². The number of nitrogens with one attached hydrogen (secondary N) is 3. The third-order valence-corrected chi connectivity index (χ3v) is 4.75. The monoisotopic (exact) mass is 407 g/mol. The molecule has 2 aromatic rings. The van der Waals surface area contributed by atoms with Gasteiger partial charge in [0.2, 0.25) is 11.8 Å². The predicted molar refractivity (Wildman–Crippen MR) is 110 cm³/mol. The van der Waals surface area contributed by atoms with Crippen molar-refractivity contribution in [2.24, 2.45) is 0 Å². The van der Waals surface area contributed by atoms with Crippen LogP contribution in [0.15, 0.2) is 36.4 Å². The second-order valence-electron chi connectivity index (χ2n) is 6.36. The van der Waals surface area contributed by atoms with Crippen LogP contribution >= 0.6 is 23.2 Å². The summed E-state index contributed by atoms with van der Waals surface area (Å²) in [7, 11) is 0. The number of hydrogen-bond donors (Lipinski definition) is 3. The molecule has 1 atom stereocenters. The molecule has 2 amide bonds. The molecule has 2 aromatic carbocycles. The van der Waals surface area contributed by atoms with Crippen LogP contribution in [0, 0.1) is 13.8 Å². The highest BCUT2D eigenvalue weighted by molar-refractivity contribution is 6.35. The first-order valence-corrected chi connectivity index (χ1v) is 9.34. The molecule has 0 radical (unpaired) electrons. The number of carbonyl (C=O) groups excluding carboxylic acids is 2. The van der Waals surface area contributed by atoms with Crippen molar-refractivity contribution in [3.05, 3.63) is 63.1 Å². The first-order valence-electron chi connectivity index (χ1n) is 8.59. The van der Waals surface area contributed by atoms with Crippen molar-refractivity contribution in [1.29, 1.82) is 0 Å². The fraction of sp³-hybridized carbons (Fsp3) is 0.300. The number of rotatable bonds is 7. The zero-order chi connectivity index (χ0) is 20.0. The van der Waals surface area contributed by atoms with Crippen molar-refractivity contribution in [2.45, 2.75) is 26.8 Å². The smallest absolute Gasteiger partial charge is 0.243 e. The molecule has 0 aliphatic rings. The lowest BCUT2D eigenvalue weighted by atomic mass is 10.1. The fourth-order valence-corrected chi connectivity index (χ4v) is 3.22. The molecule has 3 N–H and O–H groups in total. The zero-order valence-corrected chi connectivity index (χ0v) is 17.0. The van der Waals surface area contributed by atoms with Gasteiger partial charge in [-0.05, 0) is 49.6 Å². The zero-order valence-electron chi connectivity index (χ0n) is 15.5. The minimum absolute atomic E-state index is 0.0663. The van der Waals surface area contributed by atoms with Crippen LogP contribution in [0.2, 0.25) is 10.0 Å². The number of aryl methyl sites for hydroxylation is 2. The van der Waals surface area contributed by atoms with E-state index in [0.29, 0.717) is 10.0 Å². The number of halogens is 2. The summed E-state index contributed by atoms with van der Waals surface area (Å²) in [5, 5.41) is 9.61. The lowest BCUT2D eigenvalue weighted by Gasteiger charge is -2.16. The van der Waals surface area contributed by atoms with Gasteiger partial charge in [0.05, 0.1) is 13.1 Å². The van der Waals surface area contributed by atoms with Crippen LogP contribution in [0.1, 0.15) is 29.7 Å². The summed E-state index contributed by atoms with van der Waals surface area (Å²) in [4.78, 5) is 24.1. The standard InChI is InChI=1S/C20H23Cl2N3O2/c1-12-5-4-6-13(2)20(12)25-19(27)11-24-18(26)10-23-14(3)16-8-7-15(21)9-17(16)22/h4-9,14,23H,10-11H2,1-3H3,(H,24,26)(H,25,27)/t14-/m1/s1. The summed E-state index contributed by atoms with van der Waals surface area (Å²) in [6.07, 6.45) is 0. The van der Waals surface area contributed by atoms with Gasteiger partial charge in [-0.3, -0.25) is 9.59 Å². The molecule has 0 aliphatic carbocycles. The van der Waals surface area contributed by atoms with Crippen LogP contribution in [-0.2, 0) is 9.59 Å². The number of amides is 2. The summed E-state index contributed by atoms with van der Waals surface area (Å²) >= 11 is 12.1. The first kappa shape index (κ1) is 21.2. The molecular formula is C20H23Cl2N3O2. The van der Waals surface area contributed by atoms with Gasteiger partial charge < -0.3 is 16.0 Å². The van der Waals surface area contributed by atoms with Gasteiger partial charge in [0.15, 0.2) is 0 Å². The van der Waals surface area contributed by atoms with Crippen molar-refractivity contribution in [3.63, 3.8) is 0 Å². The number of hydrogen-bond acceptors (Lipinski definition) is 3. The summed E-state index contributed by atoms with van der Waals surface area (Å²) < 4.78 is 0. The molecule has 0 unspecified atom stereocenters. The Labute approximate surface area is 169 Å². The van der Waals surface area contributed by atoms with Crippen LogP contribution in [0.5, 0.6) is 0 Å².